The van der Waals surface area contributed by atoms with Crippen LogP contribution in [0.5, 0.6) is 0 Å². The van der Waals surface area contributed by atoms with Crippen LogP contribution in [0.3, 0.4) is 0 Å². The quantitative estimate of drug-likeness (QED) is 0.838. The first-order chi connectivity index (χ1) is 9.13. The van der Waals surface area contributed by atoms with Gasteiger partial charge in [0.25, 0.3) is 0 Å². The molecule has 1 aromatic heterocycles. The Balaban J connectivity index is 0. The molecule has 0 aliphatic carbocycles. The Bertz CT molecular complexity index is 278. The topological polar surface area (TPSA) is 24.9 Å². The van der Waals surface area contributed by atoms with Crippen molar-refractivity contribution in [2.24, 2.45) is 5.92 Å². The van der Waals surface area contributed by atoms with Gasteiger partial charge in [-0.15, -0.1) is 0 Å². The molecule has 0 aliphatic rings. The van der Waals surface area contributed by atoms with E-state index in [4.69, 9.17) is 0 Å². The monoisotopic (exact) mass is 266 g/mol. The molecular formula is C17H34N2. The molecule has 0 radical (unpaired) electrons. The lowest BCUT2D eigenvalue weighted by Crippen LogP contribution is -2.15. The van der Waals surface area contributed by atoms with E-state index in [-0.39, 0.29) is 0 Å². The first kappa shape index (κ1) is 20.4. The normalized spacial score (nSPS) is 11.0. The molecule has 0 aliphatic heterocycles. The minimum atomic E-state index is 0.489. The summed E-state index contributed by atoms with van der Waals surface area (Å²) < 4.78 is 0. The lowest BCUT2D eigenvalue weighted by atomic mass is 10.0. The molecule has 1 heterocycles. The number of aromatic nitrogens is 1. The molecule has 0 saturated heterocycles. The first-order valence-electron chi connectivity index (χ1n) is 7.73. The average molecular weight is 266 g/mol. The number of nitrogens with zero attached hydrogens (tertiary/aromatic N) is 1. The molecule has 2 nitrogen and oxygen atoms in total. The molecule has 1 unspecified atom stereocenters. The van der Waals surface area contributed by atoms with Crippen LogP contribution >= 0.6 is 0 Å². The zero-order valence-corrected chi connectivity index (χ0v) is 14.2. The maximum Gasteiger partial charge on any atom is 0.0444 e. The average Bonchev–Trinajstić information content (AvgIpc) is 2.43. The zero-order chi connectivity index (χ0) is 15.3. The van der Waals surface area contributed by atoms with Gasteiger partial charge in [-0.25, -0.2) is 0 Å². The van der Waals surface area contributed by atoms with Crippen molar-refractivity contribution in [1.29, 1.82) is 0 Å². The van der Waals surface area contributed by atoms with E-state index in [0.717, 1.165) is 13.0 Å². The molecule has 0 amide bonds. The fourth-order valence-electron chi connectivity index (χ4n) is 1.73. The molecule has 112 valence electrons. The van der Waals surface area contributed by atoms with Gasteiger partial charge in [-0.1, -0.05) is 54.5 Å². The van der Waals surface area contributed by atoms with E-state index < -0.39 is 0 Å². The molecular weight excluding hydrogens is 232 g/mol. The minimum Gasteiger partial charge on any atom is -0.319 e. The third-order valence-electron chi connectivity index (χ3n) is 2.51. The van der Waals surface area contributed by atoms with Crippen molar-refractivity contribution >= 4 is 0 Å². The van der Waals surface area contributed by atoms with Crippen LogP contribution in [0.4, 0.5) is 0 Å². The summed E-state index contributed by atoms with van der Waals surface area (Å²) in [6, 6.07) is 4.36. The van der Waals surface area contributed by atoms with Gasteiger partial charge in [-0.05, 0) is 31.0 Å². The van der Waals surface area contributed by atoms with Crippen molar-refractivity contribution in [1.82, 2.24) is 10.3 Å². The van der Waals surface area contributed by atoms with Crippen molar-refractivity contribution in [3.8, 4) is 0 Å². The Morgan fingerprint density at radius 3 is 2.00 bits per heavy atom. The highest BCUT2D eigenvalue weighted by Gasteiger charge is 2.05. The van der Waals surface area contributed by atoms with Crippen LogP contribution in [-0.4, -0.2) is 18.6 Å². The molecule has 2 heteroatoms. The van der Waals surface area contributed by atoms with Crippen molar-refractivity contribution in [3.63, 3.8) is 0 Å². The molecule has 0 spiro atoms. The molecule has 1 atom stereocenters. The fourth-order valence-corrected chi connectivity index (χ4v) is 1.73. The SMILES string of the molecule is CC.CC.CNCC(C)c1ccc(CC(C)C)cn1. The molecule has 0 bridgehead atoms. The second kappa shape index (κ2) is 13.5. The molecule has 0 aromatic carbocycles. The lowest BCUT2D eigenvalue weighted by molar-refractivity contribution is 0.638. The predicted molar refractivity (Wildman–Crippen MR) is 87.8 cm³/mol. The maximum atomic E-state index is 4.51. The van der Waals surface area contributed by atoms with Gasteiger partial charge in [0.2, 0.25) is 0 Å². The highest BCUT2D eigenvalue weighted by atomic mass is 14.8. The second-order valence-corrected chi connectivity index (χ2v) is 4.65. The van der Waals surface area contributed by atoms with Gasteiger partial charge in [0.05, 0.1) is 0 Å². The molecule has 1 N–H and O–H groups in total. The smallest absolute Gasteiger partial charge is 0.0444 e. The largest absolute Gasteiger partial charge is 0.319 e. The summed E-state index contributed by atoms with van der Waals surface area (Å²) in [6.07, 6.45) is 3.13. The van der Waals surface area contributed by atoms with Gasteiger partial charge < -0.3 is 5.32 Å². The summed E-state index contributed by atoms with van der Waals surface area (Å²) >= 11 is 0. The third kappa shape index (κ3) is 9.66. The number of hydrogen-bond acceptors (Lipinski definition) is 2. The van der Waals surface area contributed by atoms with Gasteiger partial charge in [0, 0.05) is 24.4 Å². The standard InChI is InChI=1S/C13H22N2.2C2H6/c1-10(2)7-12-5-6-13(15-9-12)11(3)8-14-4;2*1-2/h5-6,9-11,14H,7-8H2,1-4H3;2*1-2H3. The maximum absolute atomic E-state index is 4.51. The molecule has 1 rings (SSSR count). The third-order valence-corrected chi connectivity index (χ3v) is 2.51. The van der Waals surface area contributed by atoms with E-state index in [2.05, 4.69) is 43.2 Å². The molecule has 0 saturated carbocycles. The summed E-state index contributed by atoms with van der Waals surface area (Å²) in [5.74, 6) is 1.19. The van der Waals surface area contributed by atoms with Gasteiger partial charge in [0.15, 0.2) is 0 Å². The van der Waals surface area contributed by atoms with Gasteiger partial charge >= 0.3 is 0 Å². The minimum absolute atomic E-state index is 0.489. The zero-order valence-electron chi connectivity index (χ0n) is 14.2. The van der Waals surface area contributed by atoms with Gasteiger partial charge in [-0.3, -0.25) is 4.98 Å². The Labute approximate surface area is 121 Å². The summed E-state index contributed by atoms with van der Waals surface area (Å²) in [5, 5.41) is 3.17. The van der Waals surface area contributed by atoms with Crippen molar-refractivity contribution in [2.75, 3.05) is 13.6 Å². The van der Waals surface area contributed by atoms with Crippen LogP contribution in [0.15, 0.2) is 18.3 Å². The summed E-state index contributed by atoms with van der Waals surface area (Å²) in [5.41, 5.74) is 2.52. The number of nitrogens with one attached hydrogen (secondary N) is 1. The first-order valence-corrected chi connectivity index (χ1v) is 7.73. The van der Waals surface area contributed by atoms with Gasteiger partial charge in [0.1, 0.15) is 0 Å². The Morgan fingerprint density at radius 2 is 1.63 bits per heavy atom. The Kier molecular flexibility index (Phi) is 14.6. The van der Waals surface area contributed by atoms with Crippen LogP contribution < -0.4 is 5.32 Å². The number of hydrogen-bond donors (Lipinski definition) is 1. The highest BCUT2D eigenvalue weighted by molar-refractivity contribution is 5.17. The van der Waals surface area contributed by atoms with Crippen LogP contribution in [0.2, 0.25) is 0 Å². The van der Waals surface area contributed by atoms with Crippen molar-refractivity contribution < 1.29 is 0 Å². The molecule has 1 aromatic rings. The number of pyridine rings is 1. The van der Waals surface area contributed by atoms with E-state index in [0.29, 0.717) is 11.8 Å². The Hall–Kier alpha value is -0.890. The fraction of sp³-hybridized carbons (Fsp3) is 0.706. The number of rotatable bonds is 5. The molecule has 19 heavy (non-hydrogen) atoms. The van der Waals surface area contributed by atoms with E-state index in [1.54, 1.807) is 0 Å². The van der Waals surface area contributed by atoms with Crippen LogP contribution in [0.25, 0.3) is 0 Å². The van der Waals surface area contributed by atoms with Crippen molar-refractivity contribution in [3.05, 3.63) is 29.6 Å². The van der Waals surface area contributed by atoms with Crippen LogP contribution in [-0.2, 0) is 6.42 Å². The lowest BCUT2D eigenvalue weighted by Gasteiger charge is -2.11. The van der Waals surface area contributed by atoms with Crippen molar-refractivity contribution in [2.45, 2.75) is 60.8 Å². The van der Waals surface area contributed by atoms with E-state index in [1.807, 2.05) is 40.9 Å². The summed E-state index contributed by atoms with van der Waals surface area (Å²) in [6.45, 7) is 15.6. The van der Waals surface area contributed by atoms with E-state index >= 15 is 0 Å². The summed E-state index contributed by atoms with van der Waals surface area (Å²) in [7, 11) is 1.98. The van der Waals surface area contributed by atoms with E-state index in [9.17, 15) is 0 Å². The van der Waals surface area contributed by atoms with E-state index in [1.165, 1.54) is 11.3 Å². The second-order valence-electron chi connectivity index (χ2n) is 4.65. The molecule has 0 fully saturated rings. The highest BCUT2D eigenvalue weighted by Crippen LogP contribution is 2.13. The number of likely N-dealkylation sites (N-methyl/N-ethyl adjacent to an activating group) is 1. The van der Waals surface area contributed by atoms with Crippen LogP contribution in [0, 0.1) is 5.92 Å². The Morgan fingerprint density at radius 1 is 1.05 bits per heavy atom. The van der Waals surface area contributed by atoms with Crippen LogP contribution in [0.1, 0.15) is 65.6 Å². The predicted octanol–water partition coefficient (Wildman–Crippen LogP) is 4.66. The van der Waals surface area contributed by atoms with Gasteiger partial charge in [-0.2, -0.15) is 0 Å². The summed E-state index contributed by atoms with van der Waals surface area (Å²) in [4.78, 5) is 4.51.